The highest BCUT2D eigenvalue weighted by atomic mass is 16.6. The maximum atomic E-state index is 11.6. The van der Waals surface area contributed by atoms with E-state index in [1.807, 2.05) is 33.8 Å². The van der Waals surface area contributed by atoms with E-state index in [4.69, 9.17) is 4.84 Å². The molecule has 82 valence electrons. The van der Waals surface area contributed by atoms with Crippen molar-refractivity contribution in [2.24, 2.45) is 11.1 Å². The first-order valence-corrected chi connectivity index (χ1v) is 5.20. The van der Waals surface area contributed by atoms with Crippen molar-refractivity contribution < 1.29 is 9.63 Å². The predicted octanol–water partition coefficient (Wildman–Crippen LogP) is 2.49. The van der Waals surface area contributed by atoms with Crippen molar-refractivity contribution in [3.63, 3.8) is 0 Å². The molecule has 0 aromatic heterocycles. The summed E-state index contributed by atoms with van der Waals surface area (Å²) < 4.78 is 0. The smallest absolute Gasteiger partial charge is 0.182 e. The van der Waals surface area contributed by atoms with Crippen LogP contribution >= 0.6 is 0 Å². The predicted molar refractivity (Wildman–Crippen MR) is 60.7 cm³/mol. The SMILES string of the molecule is CCO/N=C1\C=C(C(C)C)C(=O)C=C1C. The number of carbonyl (C=O) groups is 1. The Kier molecular flexibility index (Phi) is 3.83. The largest absolute Gasteiger partial charge is 0.396 e. The molecule has 0 unspecified atom stereocenters. The summed E-state index contributed by atoms with van der Waals surface area (Å²) in [5.41, 5.74) is 2.40. The third-order valence-electron chi connectivity index (χ3n) is 2.24. The first-order chi connectivity index (χ1) is 7.06. The van der Waals surface area contributed by atoms with Crippen LogP contribution in [0.3, 0.4) is 0 Å². The number of ketones is 1. The molecule has 0 saturated carbocycles. The maximum absolute atomic E-state index is 11.6. The summed E-state index contributed by atoms with van der Waals surface area (Å²) in [6.45, 7) is 8.27. The van der Waals surface area contributed by atoms with E-state index in [2.05, 4.69) is 5.16 Å². The van der Waals surface area contributed by atoms with Crippen LogP contribution in [-0.2, 0) is 9.63 Å². The van der Waals surface area contributed by atoms with Gasteiger partial charge in [-0.3, -0.25) is 4.79 Å². The van der Waals surface area contributed by atoms with E-state index in [1.165, 1.54) is 0 Å². The molecule has 0 N–H and O–H groups in total. The monoisotopic (exact) mass is 207 g/mol. The Labute approximate surface area is 90.5 Å². The highest BCUT2D eigenvalue weighted by Gasteiger charge is 2.18. The van der Waals surface area contributed by atoms with E-state index < -0.39 is 0 Å². The zero-order valence-electron chi connectivity index (χ0n) is 9.70. The molecule has 1 aliphatic rings. The lowest BCUT2D eigenvalue weighted by Crippen LogP contribution is -2.15. The molecule has 0 aromatic carbocycles. The Hall–Kier alpha value is -1.38. The Morgan fingerprint density at radius 3 is 2.60 bits per heavy atom. The minimum Gasteiger partial charge on any atom is -0.396 e. The van der Waals surface area contributed by atoms with Crippen molar-refractivity contribution in [2.45, 2.75) is 27.7 Å². The van der Waals surface area contributed by atoms with Gasteiger partial charge in [0.25, 0.3) is 0 Å². The Morgan fingerprint density at radius 1 is 1.40 bits per heavy atom. The summed E-state index contributed by atoms with van der Waals surface area (Å²) in [7, 11) is 0. The molecule has 0 heterocycles. The Balaban J connectivity index is 2.98. The highest BCUT2D eigenvalue weighted by molar-refractivity contribution is 6.21. The summed E-state index contributed by atoms with van der Waals surface area (Å²) in [6.07, 6.45) is 3.44. The van der Waals surface area contributed by atoms with Gasteiger partial charge in [-0.05, 0) is 37.5 Å². The van der Waals surface area contributed by atoms with Gasteiger partial charge in [0.1, 0.15) is 12.3 Å². The summed E-state index contributed by atoms with van der Waals surface area (Å²) in [6, 6.07) is 0. The van der Waals surface area contributed by atoms with Crippen LogP contribution < -0.4 is 0 Å². The van der Waals surface area contributed by atoms with E-state index in [0.717, 1.165) is 16.9 Å². The average molecular weight is 207 g/mol. The van der Waals surface area contributed by atoms with Crippen LogP contribution in [-0.4, -0.2) is 18.1 Å². The normalized spacial score (nSPS) is 19.3. The van der Waals surface area contributed by atoms with E-state index in [1.54, 1.807) is 6.08 Å². The van der Waals surface area contributed by atoms with Crippen LogP contribution in [0.5, 0.6) is 0 Å². The first kappa shape index (κ1) is 11.7. The van der Waals surface area contributed by atoms with Gasteiger partial charge in [-0.1, -0.05) is 19.0 Å². The number of oxime groups is 1. The fourth-order valence-corrected chi connectivity index (χ4v) is 1.37. The second-order valence-electron chi connectivity index (χ2n) is 3.84. The molecule has 3 heteroatoms. The van der Waals surface area contributed by atoms with Gasteiger partial charge in [0.2, 0.25) is 0 Å². The van der Waals surface area contributed by atoms with Gasteiger partial charge in [-0.2, -0.15) is 0 Å². The quantitative estimate of drug-likeness (QED) is 0.527. The second kappa shape index (κ2) is 4.91. The third-order valence-corrected chi connectivity index (χ3v) is 2.24. The fraction of sp³-hybridized carbons (Fsp3) is 0.500. The van der Waals surface area contributed by atoms with Crippen LogP contribution in [0.1, 0.15) is 27.7 Å². The number of hydrogen-bond donors (Lipinski definition) is 0. The molecule has 3 nitrogen and oxygen atoms in total. The van der Waals surface area contributed by atoms with Gasteiger partial charge in [0.05, 0.1) is 0 Å². The van der Waals surface area contributed by atoms with E-state index >= 15 is 0 Å². The maximum Gasteiger partial charge on any atom is 0.182 e. The molecule has 1 rings (SSSR count). The minimum atomic E-state index is 0.0814. The zero-order chi connectivity index (χ0) is 11.4. The lowest BCUT2D eigenvalue weighted by Gasteiger charge is -2.14. The molecule has 0 spiro atoms. The van der Waals surface area contributed by atoms with Crippen LogP contribution in [0.4, 0.5) is 0 Å². The standard InChI is InChI=1S/C12H17NO2/c1-5-15-13-11-7-10(8(2)3)12(14)6-9(11)4/h6-8H,5H2,1-4H3/b13-11+. The molecule has 0 bridgehead atoms. The third kappa shape index (κ3) is 2.78. The molecule has 0 atom stereocenters. The van der Waals surface area contributed by atoms with E-state index in [-0.39, 0.29) is 11.7 Å². The number of allylic oxidation sites excluding steroid dienone is 4. The highest BCUT2D eigenvalue weighted by Crippen LogP contribution is 2.19. The molecule has 0 aliphatic heterocycles. The number of hydrogen-bond acceptors (Lipinski definition) is 3. The Bertz CT molecular complexity index is 349. The van der Waals surface area contributed by atoms with Gasteiger partial charge in [0, 0.05) is 5.57 Å². The van der Waals surface area contributed by atoms with Crippen LogP contribution in [0, 0.1) is 5.92 Å². The summed E-state index contributed by atoms with van der Waals surface area (Å²) >= 11 is 0. The van der Waals surface area contributed by atoms with E-state index in [0.29, 0.717) is 6.61 Å². The van der Waals surface area contributed by atoms with Gasteiger partial charge >= 0.3 is 0 Å². The molecular formula is C12H17NO2. The van der Waals surface area contributed by atoms with Gasteiger partial charge in [-0.25, -0.2) is 0 Å². The van der Waals surface area contributed by atoms with Crippen molar-refractivity contribution >= 4 is 11.5 Å². The Morgan fingerprint density at radius 2 is 2.07 bits per heavy atom. The second-order valence-corrected chi connectivity index (χ2v) is 3.84. The van der Waals surface area contributed by atoms with Crippen molar-refractivity contribution in [1.82, 2.24) is 0 Å². The first-order valence-electron chi connectivity index (χ1n) is 5.20. The molecule has 15 heavy (non-hydrogen) atoms. The molecule has 0 fully saturated rings. The van der Waals surface area contributed by atoms with Gasteiger partial charge in [-0.15, -0.1) is 0 Å². The molecular weight excluding hydrogens is 190 g/mol. The van der Waals surface area contributed by atoms with Crippen molar-refractivity contribution in [3.8, 4) is 0 Å². The number of nitrogens with zero attached hydrogens (tertiary/aromatic N) is 1. The number of carbonyl (C=O) groups excluding carboxylic acids is 1. The van der Waals surface area contributed by atoms with Crippen molar-refractivity contribution in [3.05, 3.63) is 23.3 Å². The molecule has 0 radical (unpaired) electrons. The average Bonchev–Trinajstić information content (AvgIpc) is 2.16. The molecule has 1 aliphatic carbocycles. The molecule has 0 amide bonds. The lowest BCUT2D eigenvalue weighted by molar-refractivity contribution is -0.111. The van der Waals surface area contributed by atoms with Gasteiger partial charge in [0.15, 0.2) is 5.78 Å². The molecule has 0 aromatic rings. The zero-order valence-corrected chi connectivity index (χ0v) is 9.70. The van der Waals surface area contributed by atoms with Crippen LogP contribution in [0.2, 0.25) is 0 Å². The van der Waals surface area contributed by atoms with Crippen molar-refractivity contribution in [2.75, 3.05) is 6.61 Å². The fourth-order valence-electron chi connectivity index (χ4n) is 1.37. The van der Waals surface area contributed by atoms with Crippen LogP contribution in [0.25, 0.3) is 0 Å². The summed E-state index contributed by atoms with van der Waals surface area (Å²) in [5.74, 6) is 0.298. The lowest BCUT2D eigenvalue weighted by atomic mass is 9.90. The van der Waals surface area contributed by atoms with Gasteiger partial charge < -0.3 is 4.84 Å². The minimum absolute atomic E-state index is 0.0814. The molecule has 0 saturated heterocycles. The van der Waals surface area contributed by atoms with Crippen molar-refractivity contribution in [1.29, 1.82) is 0 Å². The topological polar surface area (TPSA) is 38.7 Å². The van der Waals surface area contributed by atoms with Crippen LogP contribution in [0.15, 0.2) is 28.5 Å². The summed E-state index contributed by atoms with van der Waals surface area (Å²) in [4.78, 5) is 16.6. The van der Waals surface area contributed by atoms with E-state index in [9.17, 15) is 4.79 Å². The summed E-state index contributed by atoms with van der Waals surface area (Å²) in [5, 5.41) is 3.97. The number of rotatable bonds is 3.